The number of ether oxygens (including phenoxy) is 1. The minimum absolute atomic E-state index is 0.0961. The quantitative estimate of drug-likeness (QED) is 0.671. The minimum atomic E-state index is -0.418. The minimum Gasteiger partial charge on any atom is -0.497 e. The first-order valence-electron chi connectivity index (χ1n) is 9.91. The van der Waals surface area contributed by atoms with Gasteiger partial charge in [0.25, 0.3) is 0 Å². The third kappa shape index (κ3) is 5.72. The van der Waals surface area contributed by atoms with E-state index in [4.69, 9.17) is 4.74 Å². The molecular weight excluding hydrogens is 390 g/mol. The summed E-state index contributed by atoms with van der Waals surface area (Å²) in [6.07, 6.45) is 5.41. The van der Waals surface area contributed by atoms with E-state index in [-0.39, 0.29) is 17.7 Å². The molecule has 1 aliphatic carbocycles. The fraction of sp³-hybridized carbons (Fsp3) is 0.500. The lowest BCUT2D eigenvalue weighted by Crippen LogP contribution is -2.45. The van der Waals surface area contributed by atoms with Gasteiger partial charge in [-0.1, -0.05) is 31.0 Å². The zero-order valence-electron chi connectivity index (χ0n) is 16.8. The molecule has 2 aromatic rings. The first-order chi connectivity index (χ1) is 14.1. The molecule has 1 aromatic carbocycles. The van der Waals surface area contributed by atoms with Crippen molar-refractivity contribution in [2.75, 3.05) is 12.9 Å². The summed E-state index contributed by atoms with van der Waals surface area (Å²) in [5.74, 6) is 1.25. The molecule has 3 amide bonds. The molecule has 0 bridgehead atoms. The molecule has 1 aliphatic rings. The van der Waals surface area contributed by atoms with Crippen LogP contribution in [0.1, 0.15) is 39.0 Å². The number of methoxy groups -OCH3 is 1. The van der Waals surface area contributed by atoms with E-state index in [9.17, 15) is 9.59 Å². The van der Waals surface area contributed by atoms with E-state index < -0.39 is 6.03 Å². The second-order valence-corrected chi connectivity index (χ2v) is 7.87. The molecule has 0 aliphatic heterocycles. The third-order valence-electron chi connectivity index (χ3n) is 4.91. The van der Waals surface area contributed by atoms with Crippen molar-refractivity contribution >= 4 is 23.7 Å². The first kappa shape index (κ1) is 21.2. The molecule has 0 atom stereocenters. The maximum atomic E-state index is 12.2. The van der Waals surface area contributed by atoms with Crippen LogP contribution in [-0.4, -0.2) is 45.6 Å². The number of benzene rings is 1. The highest BCUT2D eigenvalue weighted by molar-refractivity contribution is 7.99. The number of carbonyl (C=O) groups is 2. The van der Waals surface area contributed by atoms with Crippen molar-refractivity contribution in [2.24, 2.45) is 0 Å². The molecule has 0 radical (unpaired) electrons. The van der Waals surface area contributed by atoms with Gasteiger partial charge in [-0.2, -0.15) is 0 Å². The van der Waals surface area contributed by atoms with Gasteiger partial charge < -0.3 is 14.6 Å². The van der Waals surface area contributed by atoms with Crippen molar-refractivity contribution in [3.63, 3.8) is 0 Å². The molecule has 1 heterocycles. The molecule has 0 spiro atoms. The van der Waals surface area contributed by atoms with Gasteiger partial charge in [-0.15, -0.1) is 10.2 Å². The van der Waals surface area contributed by atoms with Crippen LogP contribution in [0.25, 0.3) is 11.4 Å². The number of hydrogen-bond donors (Lipinski definition) is 2. The highest BCUT2D eigenvalue weighted by Gasteiger charge is 2.18. The average Bonchev–Trinajstić information content (AvgIpc) is 3.16. The van der Waals surface area contributed by atoms with E-state index >= 15 is 0 Å². The lowest BCUT2D eigenvalue weighted by atomic mass is 9.96. The van der Waals surface area contributed by atoms with Crippen LogP contribution >= 0.6 is 11.8 Å². The molecule has 3 rings (SSSR count). The van der Waals surface area contributed by atoms with Gasteiger partial charge >= 0.3 is 6.03 Å². The summed E-state index contributed by atoms with van der Waals surface area (Å²) >= 11 is 1.26. The summed E-state index contributed by atoms with van der Waals surface area (Å²) in [6.45, 7) is 2.67. The van der Waals surface area contributed by atoms with Gasteiger partial charge in [-0.3, -0.25) is 10.1 Å². The molecule has 1 fully saturated rings. The van der Waals surface area contributed by atoms with Crippen molar-refractivity contribution in [3.8, 4) is 17.1 Å². The van der Waals surface area contributed by atoms with Gasteiger partial charge in [0, 0.05) is 18.2 Å². The summed E-state index contributed by atoms with van der Waals surface area (Å²) < 4.78 is 7.13. The number of urea groups is 1. The largest absolute Gasteiger partial charge is 0.497 e. The summed E-state index contributed by atoms with van der Waals surface area (Å²) in [5.41, 5.74) is 0.920. The number of amides is 3. The van der Waals surface area contributed by atoms with E-state index in [1.165, 1.54) is 18.2 Å². The Bertz CT molecular complexity index is 831. The maximum Gasteiger partial charge on any atom is 0.321 e. The molecule has 29 heavy (non-hydrogen) atoms. The van der Waals surface area contributed by atoms with Crippen molar-refractivity contribution in [3.05, 3.63) is 24.3 Å². The Balaban J connectivity index is 1.55. The molecule has 1 aromatic heterocycles. The third-order valence-corrected chi connectivity index (χ3v) is 5.87. The van der Waals surface area contributed by atoms with E-state index in [0.29, 0.717) is 11.7 Å². The van der Waals surface area contributed by atoms with Crippen molar-refractivity contribution in [1.29, 1.82) is 0 Å². The standard InChI is InChI=1S/C20H27N5O3S/c1-3-25-18(14-9-11-16(28-2)12-10-14)23-24-20(25)29-13-17(26)22-19(27)21-15-7-5-4-6-8-15/h9-12,15H,3-8,13H2,1-2H3,(H2,21,22,26,27). The van der Waals surface area contributed by atoms with Gasteiger partial charge in [0.05, 0.1) is 12.9 Å². The molecular formula is C20H27N5O3S. The number of aromatic nitrogens is 3. The first-order valence-corrected chi connectivity index (χ1v) is 10.9. The summed E-state index contributed by atoms with van der Waals surface area (Å²) in [6, 6.07) is 7.33. The Labute approximate surface area is 174 Å². The normalized spacial score (nSPS) is 14.4. The van der Waals surface area contributed by atoms with Crippen LogP contribution in [0.4, 0.5) is 4.79 Å². The van der Waals surface area contributed by atoms with Crippen LogP contribution in [0.15, 0.2) is 29.4 Å². The van der Waals surface area contributed by atoms with Crippen LogP contribution in [0, 0.1) is 0 Å². The highest BCUT2D eigenvalue weighted by Crippen LogP contribution is 2.25. The lowest BCUT2D eigenvalue weighted by Gasteiger charge is -2.22. The summed E-state index contributed by atoms with van der Waals surface area (Å²) in [4.78, 5) is 24.2. The Morgan fingerprint density at radius 3 is 2.55 bits per heavy atom. The van der Waals surface area contributed by atoms with Crippen LogP contribution in [0.5, 0.6) is 5.75 Å². The van der Waals surface area contributed by atoms with Gasteiger partial charge in [-0.05, 0) is 44.0 Å². The Kier molecular flexibility index (Phi) is 7.51. The van der Waals surface area contributed by atoms with Gasteiger partial charge in [-0.25, -0.2) is 4.79 Å². The van der Waals surface area contributed by atoms with E-state index in [1.807, 2.05) is 35.8 Å². The van der Waals surface area contributed by atoms with Crippen LogP contribution < -0.4 is 15.4 Å². The second-order valence-electron chi connectivity index (χ2n) is 6.92. The van der Waals surface area contributed by atoms with Crippen molar-refractivity contribution in [2.45, 2.75) is 56.8 Å². The number of hydrogen-bond acceptors (Lipinski definition) is 6. The molecule has 0 unspecified atom stereocenters. The molecule has 156 valence electrons. The maximum absolute atomic E-state index is 12.2. The molecule has 2 N–H and O–H groups in total. The number of rotatable bonds is 7. The van der Waals surface area contributed by atoms with Crippen molar-refractivity contribution in [1.82, 2.24) is 25.4 Å². The van der Waals surface area contributed by atoms with Gasteiger partial charge in [0.2, 0.25) is 5.91 Å². The van der Waals surface area contributed by atoms with Gasteiger partial charge in [0.1, 0.15) is 5.75 Å². The highest BCUT2D eigenvalue weighted by atomic mass is 32.2. The molecule has 8 nitrogen and oxygen atoms in total. The Morgan fingerprint density at radius 2 is 1.90 bits per heavy atom. The monoisotopic (exact) mass is 417 g/mol. The van der Waals surface area contributed by atoms with Crippen LogP contribution in [0.3, 0.4) is 0 Å². The van der Waals surface area contributed by atoms with E-state index in [1.54, 1.807) is 7.11 Å². The van der Waals surface area contributed by atoms with E-state index in [2.05, 4.69) is 20.8 Å². The number of carbonyl (C=O) groups excluding carboxylic acids is 2. The zero-order chi connectivity index (χ0) is 20.6. The Morgan fingerprint density at radius 1 is 1.17 bits per heavy atom. The van der Waals surface area contributed by atoms with Crippen LogP contribution in [0.2, 0.25) is 0 Å². The number of nitrogens with one attached hydrogen (secondary N) is 2. The second kappa shape index (κ2) is 10.3. The Hall–Kier alpha value is -2.55. The topological polar surface area (TPSA) is 98.1 Å². The lowest BCUT2D eigenvalue weighted by molar-refractivity contribution is -0.117. The summed E-state index contributed by atoms with van der Waals surface area (Å²) in [5, 5.41) is 14.4. The fourth-order valence-corrected chi connectivity index (χ4v) is 4.20. The SMILES string of the molecule is CCn1c(SCC(=O)NC(=O)NC2CCCCC2)nnc1-c1ccc(OC)cc1. The fourth-order valence-electron chi connectivity index (χ4n) is 3.40. The number of imide groups is 1. The van der Waals surface area contributed by atoms with E-state index in [0.717, 1.165) is 42.8 Å². The van der Waals surface area contributed by atoms with Crippen molar-refractivity contribution < 1.29 is 14.3 Å². The predicted octanol–water partition coefficient (Wildman–Crippen LogP) is 3.22. The van der Waals surface area contributed by atoms with Gasteiger partial charge in [0.15, 0.2) is 11.0 Å². The van der Waals surface area contributed by atoms with Crippen LogP contribution in [-0.2, 0) is 11.3 Å². The smallest absolute Gasteiger partial charge is 0.321 e. The molecule has 1 saturated carbocycles. The number of nitrogens with zero attached hydrogens (tertiary/aromatic N) is 3. The zero-order valence-corrected chi connectivity index (χ0v) is 17.6. The molecule has 9 heteroatoms. The average molecular weight is 418 g/mol. The predicted molar refractivity (Wildman–Crippen MR) is 112 cm³/mol. The molecule has 0 saturated heterocycles. The summed E-state index contributed by atoms with van der Waals surface area (Å²) in [7, 11) is 1.62. The number of thioether (sulfide) groups is 1.